The Balaban J connectivity index is 1.45. The van der Waals surface area contributed by atoms with Gasteiger partial charge in [-0.1, -0.05) is 30.3 Å². The van der Waals surface area contributed by atoms with E-state index >= 15 is 0 Å². The van der Waals surface area contributed by atoms with Gasteiger partial charge in [-0.25, -0.2) is 0 Å². The molecule has 6 nitrogen and oxygen atoms in total. The Hall–Kier alpha value is -2.35. The number of morpholine rings is 1. The first-order valence-electron chi connectivity index (χ1n) is 10.3. The Morgan fingerprint density at radius 3 is 2.47 bits per heavy atom. The van der Waals surface area contributed by atoms with Gasteiger partial charge in [0.25, 0.3) is 11.8 Å². The molecule has 0 aliphatic carbocycles. The number of carbonyl (C=O) groups excluding carboxylic acids is 2. The van der Waals surface area contributed by atoms with Gasteiger partial charge in [-0.2, -0.15) is 11.8 Å². The number of para-hydroxylation sites is 1. The molecule has 2 N–H and O–H groups in total. The highest BCUT2D eigenvalue weighted by Gasteiger charge is 2.41. The van der Waals surface area contributed by atoms with Crippen LogP contribution in [0, 0.1) is 0 Å². The van der Waals surface area contributed by atoms with E-state index in [1.54, 1.807) is 24.3 Å². The number of amides is 2. The quantitative estimate of drug-likeness (QED) is 0.745. The average Bonchev–Trinajstić information content (AvgIpc) is 3.29. The predicted molar refractivity (Wildman–Crippen MR) is 120 cm³/mol. The van der Waals surface area contributed by atoms with Gasteiger partial charge in [0, 0.05) is 36.5 Å². The summed E-state index contributed by atoms with van der Waals surface area (Å²) in [7, 11) is 0. The number of hydrogen-bond acceptors (Lipinski definition) is 5. The van der Waals surface area contributed by atoms with Crippen molar-refractivity contribution >= 4 is 29.3 Å². The van der Waals surface area contributed by atoms with E-state index < -0.39 is 0 Å². The number of rotatable bonds is 6. The first-order valence-corrected chi connectivity index (χ1v) is 11.5. The van der Waals surface area contributed by atoms with E-state index in [1.165, 1.54) is 0 Å². The molecule has 7 heteroatoms. The van der Waals surface area contributed by atoms with Crippen molar-refractivity contribution in [1.29, 1.82) is 0 Å². The molecular formula is C23H27N3O3S. The van der Waals surface area contributed by atoms with Crippen molar-refractivity contribution in [1.82, 2.24) is 10.2 Å². The summed E-state index contributed by atoms with van der Waals surface area (Å²) in [6, 6.07) is 16.2. The molecule has 4 rings (SSSR count). The summed E-state index contributed by atoms with van der Waals surface area (Å²) in [4.78, 5) is 28.1. The normalized spacial score (nSPS) is 21.9. The van der Waals surface area contributed by atoms with Crippen LogP contribution in [-0.2, 0) is 4.74 Å². The van der Waals surface area contributed by atoms with Gasteiger partial charge >= 0.3 is 0 Å². The maximum absolute atomic E-state index is 13.1. The van der Waals surface area contributed by atoms with Gasteiger partial charge in [-0.15, -0.1) is 0 Å². The molecule has 158 valence electrons. The smallest absolute Gasteiger partial charge is 0.255 e. The van der Waals surface area contributed by atoms with Gasteiger partial charge in [0.1, 0.15) is 0 Å². The number of benzene rings is 2. The van der Waals surface area contributed by atoms with Crippen molar-refractivity contribution in [3.8, 4) is 0 Å². The van der Waals surface area contributed by atoms with Gasteiger partial charge in [-0.05, 0) is 36.4 Å². The van der Waals surface area contributed by atoms with Crippen LogP contribution >= 0.6 is 11.8 Å². The Kier molecular flexibility index (Phi) is 6.72. The van der Waals surface area contributed by atoms with E-state index in [9.17, 15) is 9.59 Å². The number of ether oxygens (including phenoxy) is 1. The van der Waals surface area contributed by atoms with Crippen molar-refractivity contribution in [2.75, 3.05) is 49.7 Å². The lowest BCUT2D eigenvalue weighted by Crippen LogP contribution is -2.59. The summed E-state index contributed by atoms with van der Waals surface area (Å²) < 4.78 is 5.51. The third kappa shape index (κ3) is 4.69. The van der Waals surface area contributed by atoms with Gasteiger partial charge in [0.2, 0.25) is 0 Å². The summed E-state index contributed by atoms with van der Waals surface area (Å²) in [5.74, 6) is 1.73. The van der Waals surface area contributed by atoms with E-state index in [4.69, 9.17) is 4.74 Å². The molecule has 0 saturated carbocycles. The van der Waals surface area contributed by atoms with Crippen LogP contribution in [0.1, 0.15) is 27.1 Å². The molecule has 0 spiro atoms. The van der Waals surface area contributed by atoms with Crippen LogP contribution in [0.5, 0.6) is 0 Å². The summed E-state index contributed by atoms with van der Waals surface area (Å²) >= 11 is 1.94. The van der Waals surface area contributed by atoms with Crippen molar-refractivity contribution in [3.63, 3.8) is 0 Å². The summed E-state index contributed by atoms with van der Waals surface area (Å²) in [5.41, 5.74) is 1.53. The number of nitrogens with zero attached hydrogens (tertiary/aromatic N) is 1. The largest absolute Gasteiger partial charge is 0.379 e. The van der Waals surface area contributed by atoms with Crippen molar-refractivity contribution in [2.45, 2.75) is 12.0 Å². The standard InChI is InChI=1S/C23H27N3O3S/c27-21(18-6-2-1-3-7-18)25-20-9-5-4-8-19(20)22(28)24-16-23(10-15-30-17-23)26-11-13-29-14-12-26/h1-9H,10-17H2,(H,24,28)(H,25,27). The first kappa shape index (κ1) is 20.9. The average molecular weight is 426 g/mol. The Labute approximate surface area is 181 Å². The minimum absolute atomic E-state index is 0.0215. The summed E-state index contributed by atoms with van der Waals surface area (Å²) in [6.07, 6.45) is 1.06. The second-order valence-electron chi connectivity index (χ2n) is 7.67. The van der Waals surface area contributed by atoms with E-state index in [-0.39, 0.29) is 17.4 Å². The van der Waals surface area contributed by atoms with Crippen LogP contribution in [-0.4, -0.2) is 66.6 Å². The van der Waals surface area contributed by atoms with Crippen molar-refractivity contribution in [3.05, 3.63) is 65.7 Å². The third-order valence-electron chi connectivity index (χ3n) is 5.80. The second-order valence-corrected chi connectivity index (χ2v) is 8.78. The summed E-state index contributed by atoms with van der Waals surface area (Å²) in [5, 5.41) is 6.02. The molecule has 2 aromatic carbocycles. The van der Waals surface area contributed by atoms with E-state index in [2.05, 4.69) is 15.5 Å². The van der Waals surface area contributed by atoms with Crippen LogP contribution < -0.4 is 10.6 Å². The van der Waals surface area contributed by atoms with E-state index in [1.807, 2.05) is 42.1 Å². The van der Waals surface area contributed by atoms with Gasteiger partial charge in [0.05, 0.1) is 24.5 Å². The van der Waals surface area contributed by atoms with Crippen LogP contribution in [0.4, 0.5) is 5.69 Å². The molecule has 2 fully saturated rings. The van der Waals surface area contributed by atoms with Crippen LogP contribution in [0.2, 0.25) is 0 Å². The lowest BCUT2D eigenvalue weighted by atomic mass is 9.95. The van der Waals surface area contributed by atoms with Crippen LogP contribution in [0.25, 0.3) is 0 Å². The lowest BCUT2D eigenvalue weighted by molar-refractivity contribution is -0.0129. The lowest BCUT2D eigenvalue weighted by Gasteiger charge is -2.43. The highest BCUT2D eigenvalue weighted by Crippen LogP contribution is 2.33. The van der Waals surface area contributed by atoms with Crippen molar-refractivity contribution in [2.24, 2.45) is 0 Å². The Morgan fingerprint density at radius 1 is 1.00 bits per heavy atom. The number of anilines is 1. The van der Waals surface area contributed by atoms with E-state index in [0.717, 1.165) is 44.2 Å². The molecule has 2 aromatic rings. The maximum Gasteiger partial charge on any atom is 0.255 e. The fourth-order valence-electron chi connectivity index (χ4n) is 4.05. The molecule has 1 unspecified atom stereocenters. The fourth-order valence-corrected chi connectivity index (χ4v) is 5.53. The Morgan fingerprint density at radius 2 is 1.73 bits per heavy atom. The highest BCUT2D eigenvalue weighted by molar-refractivity contribution is 7.99. The molecule has 2 saturated heterocycles. The molecule has 2 aliphatic rings. The zero-order valence-corrected chi connectivity index (χ0v) is 17.7. The monoisotopic (exact) mass is 425 g/mol. The minimum atomic E-state index is -0.229. The highest BCUT2D eigenvalue weighted by atomic mass is 32.2. The number of thioether (sulfide) groups is 1. The van der Waals surface area contributed by atoms with Gasteiger partial charge in [-0.3, -0.25) is 14.5 Å². The zero-order valence-electron chi connectivity index (χ0n) is 16.9. The summed E-state index contributed by atoms with van der Waals surface area (Å²) in [6.45, 7) is 3.89. The number of hydrogen-bond donors (Lipinski definition) is 2. The molecular weight excluding hydrogens is 398 g/mol. The van der Waals surface area contributed by atoms with Gasteiger partial charge in [0.15, 0.2) is 0 Å². The zero-order chi connectivity index (χ0) is 20.8. The third-order valence-corrected chi connectivity index (χ3v) is 7.03. The molecule has 0 bridgehead atoms. The number of carbonyl (C=O) groups is 2. The fraction of sp³-hybridized carbons (Fsp3) is 0.391. The minimum Gasteiger partial charge on any atom is -0.379 e. The van der Waals surface area contributed by atoms with Crippen molar-refractivity contribution < 1.29 is 14.3 Å². The van der Waals surface area contributed by atoms with E-state index in [0.29, 0.717) is 23.4 Å². The number of nitrogens with one attached hydrogen (secondary N) is 2. The molecule has 30 heavy (non-hydrogen) atoms. The maximum atomic E-state index is 13.1. The first-order chi connectivity index (χ1) is 14.7. The molecule has 2 heterocycles. The molecule has 0 radical (unpaired) electrons. The second kappa shape index (κ2) is 9.64. The van der Waals surface area contributed by atoms with Gasteiger partial charge < -0.3 is 15.4 Å². The molecule has 2 amide bonds. The van der Waals surface area contributed by atoms with Crippen LogP contribution in [0.3, 0.4) is 0 Å². The molecule has 1 atom stereocenters. The van der Waals surface area contributed by atoms with Crippen LogP contribution in [0.15, 0.2) is 54.6 Å². The predicted octanol–water partition coefficient (Wildman–Crippen LogP) is 2.88. The Bertz CT molecular complexity index is 878. The molecule has 2 aliphatic heterocycles. The molecule has 0 aromatic heterocycles. The SMILES string of the molecule is O=C(Nc1ccccc1C(=O)NCC1(N2CCOCC2)CCSC1)c1ccccc1. The topological polar surface area (TPSA) is 70.7 Å².